The van der Waals surface area contributed by atoms with Crippen molar-refractivity contribution in [3.63, 3.8) is 0 Å². The second kappa shape index (κ2) is 4.87. The van der Waals surface area contributed by atoms with Gasteiger partial charge in [0, 0.05) is 17.6 Å². The van der Waals surface area contributed by atoms with E-state index in [9.17, 15) is 5.11 Å². The third-order valence-corrected chi connectivity index (χ3v) is 5.70. The van der Waals surface area contributed by atoms with E-state index in [1.807, 2.05) is 0 Å². The van der Waals surface area contributed by atoms with Crippen LogP contribution in [0.5, 0.6) is 0 Å². The van der Waals surface area contributed by atoms with E-state index in [4.69, 9.17) is 4.74 Å². The molecule has 1 aromatic rings. The van der Waals surface area contributed by atoms with Crippen molar-refractivity contribution in [2.24, 2.45) is 0 Å². The molecule has 1 N–H and O–H groups in total. The van der Waals surface area contributed by atoms with Gasteiger partial charge in [-0.25, -0.2) is 0 Å². The van der Waals surface area contributed by atoms with Crippen LogP contribution in [-0.2, 0) is 16.9 Å². The van der Waals surface area contributed by atoms with Crippen LogP contribution in [0.2, 0.25) is 0 Å². The van der Waals surface area contributed by atoms with Gasteiger partial charge in [-0.1, -0.05) is 24.3 Å². The zero-order valence-electron chi connectivity index (χ0n) is 10.8. The van der Waals surface area contributed by atoms with Crippen molar-refractivity contribution in [3.8, 4) is 0 Å². The van der Waals surface area contributed by atoms with Gasteiger partial charge >= 0.3 is 0 Å². The SMILES string of the molecule is COCc1ccc(C2(O)CC3CCC(C2)S3)cc1. The van der Waals surface area contributed by atoms with Gasteiger partial charge in [0.25, 0.3) is 0 Å². The second-order valence-electron chi connectivity index (χ2n) is 5.53. The molecule has 98 valence electrons. The Hall–Kier alpha value is -0.510. The number of hydrogen-bond donors (Lipinski definition) is 1. The second-order valence-corrected chi connectivity index (χ2v) is 7.13. The zero-order chi connectivity index (χ0) is 12.6. The van der Waals surface area contributed by atoms with Gasteiger partial charge in [-0.3, -0.25) is 0 Å². The van der Waals surface area contributed by atoms with Crippen LogP contribution >= 0.6 is 11.8 Å². The van der Waals surface area contributed by atoms with Crippen LogP contribution in [0.1, 0.15) is 36.8 Å². The maximum atomic E-state index is 10.9. The number of rotatable bonds is 3. The Morgan fingerprint density at radius 1 is 1.22 bits per heavy atom. The number of thioether (sulfide) groups is 1. The molecular formula is C15H20O2S. The van der Waals surface area contributed by atoms with Gasteiger partial charge < -0.3 is 9.84 Å². The first-order valence-corrected chi connectivity index (χ1v) is 7.60. The highest BCUT2D eigenvalue weighted by molar-refractivity contribution is 8.00. The van der Waals surface area contributed by atoms with Crippen molar-refractivity contribution in [3.05, 3.63) is 35.4 Å². The maximum Gasteiger partial charge on any atom is 0.0917 e. The molecule has 0 spiro atoms. The van der Waals surface area contributed by atoms with Crippen LogP contribution in [0.15, 0.2) is 24.3 Å². The molecule has 0 aromatic heterocycles. The van der Waals surface area contributed by atoms with Crippen molar-refractivity contribution >= 4 is 11.8 Å². The summed E-state index contributed by atoms with van der Waals surface area (Å²) in [5.41, 5.74) is 1.65. The molecule has 0 aliphatic carbocycles. The fraction of sp³-hybridized carbons (Fsp3) is 0.600. The number of ether oxygens (including phenoxy) is 1. The summed E-state index contributed by atoms with van der Waals surface area (Å²) >= 11 is 2.08. The first kappa shape index (κ1) is 12.5. The van der Waals surface area contributed by atoms with E-state index in [0.29, 0.717) is 17.1 Å². The smallest absolute Gasteiger partial charge is 0.0917 e. The number of aliphatic hydroxyl groups is 1. The molecule has 0 radical (unpaired) electrons. The van der Waals surface area contributed by atoms with Crippen LogP contribution in [0.3, 0.4) is 0 Å². The minimum absolute atomic E-state index is 0.595. The molecule has 2 aliphatic heterocycles. The molecule has 1 aromatic carbocycles. The lowest BCUT2D eigenvalue weighted by molar-refractivity contribution is 0.0196. The molecule has 18 heavy (non-hydrogen) atoms. The minimum Gasteiger partial charge on any atom is -0.385 e. The molecule has 0 amide bonds. The topological polar surface area (TPSA) is 29.5 Å². The van der Waals surface area contributed by atoms with Crippen molar-refractivity contribution < 1.29 is 9.84 Å². The summed E-state index contributed by atoms with van der Waals surface area (Å²) < 4.78 is 5.12. The summed E-state index contributed by atoms with van der Waals surface area (Å²) in [5.74, 6) is 0. The van der Waals surface area contributed by atoms with E-state index in [0.717, 1.165) is 24.0 Å². The molecule has 2 atom stereocenters. The van der Waals surface area contributed by atoms with Crippen molar-refractivity contribution in [2.75, 3.05) is 7.11 Å². The first-order chi connectivity index (χ1) is 8.69. The van der Waals surface area contributed by atoms with E-state index < -0.39 is 5.60 Å². The van der Waals surface area contributed by atoms with Gasteiger partial charge in [-0.15, -0.1) is 0 Å². The molecule has 0 saturated carbocycles. The van der Waals surface area contributed by atoms with Crippen LogP contribution in [0, 0.1) is 0 Å². The van der Waals surface area contributed by atoms with Gasteiger partial charge in [0.05, 0.1) is 12.2 Å². The van der Waals surface area contributed by atoms with E-state index in [1.165, 1.54) is 12.8 Å². The largest absolute Gasteiger partial charge is 0.385 e. The predicted octanol–water partition coefficient (Wildman–Crippen LogP) is 3.08. The van der Waals surface area contributed by atoms with E-state index in [-0.39, 0.29) is 0 Å². The molecule has 2 aliphatic rings. The predicted molar refractivity (Wildman–Crippen MR) is 74.7 cm³/mol. The summed E-state index contributed by atoms with van der Waals surface area (Å²) in [6.07, 6.45) is 4.38. The number of hydrogen-bond acceptors (Lipinski definition) is 3. The standard InChI is InChI=1S/C15H20O2S/c1-17-10-11-2-4-12(5-3-11)15(16)8-13-6-7-14(9-15)18-13/h2-5,13-14,16H,6-10H2,1H3. The Bertz CT molecular complexity index is 403. The van der Waals surface area contributed by atoms with E-state index in [1.54, 1.807) is 7.11 Å². The fourth-order valence-electron chi connectivity index (χ4n) is 3.23. The van der Waals surface area contributed by atoms with Gasteiger partial charge in [-0.05, 0) is 36.8 Å². The molecule has 2 fully saturated rings. The monoisotopic (exact) mass is 264 g/mol. The summed E-state index contributed by atoms with van der Waals surface area (Å²) in [6, 6.07) is 8.29. The van der Waals surface area contributed by atoms with Crippen LogP contribution in [0.4, 0.5) is 0 Å². The van der Waals surface area contributed by atoms with Gasteiger partial charge in [0.2, 0.25) is 0 Å². The third kappa shape index (κ3) is 2.31. The molecule has 2 saturated heterocycles. The fourth-order valence-corrected chi connectivity index (χ4v) is 5.06. The lowest BCUT2D eigenvalue weighted by Crippen LogP contribution is -2.34. The summed E-state index contributed by atoms with van der Waals surface area (Å²) in [6.45, 7) is 0.639. The van der Waals surface area contributed by atoms with Gasteiger partial charge in [0.15, 0.2) is 0 Å². The summed E-state index contributed by atoms with van der Waals surface area (Å²) in [5, 5.41) is 12.2. The molecule has 2 unspecified atom stereocenters. The van der Waals surface area contributed by atoms with Crippen molar-refractivity contribution in [1.82, 2.24) is 0 Å². The first-order valence-electron chi connectivity index (χ1n) is 6.66. The molecule has 2 heterocycles. The highest BCUT2D eigenvalue weighted by Gasteiger charge is 2.44. The summed E-state index contributed by atoms with van der Waals surface area (Å²) in [7, 11) is 1.71. The highest BCUT2D eigenvalue weighted by atomic mass is 32.2. The van der Waals surface area contributed by atoms with Crippen LogP contribution < -0.4 is 0 Å². The number of benzene rings is 1. The van der Waals surface area contributed by atoms with Crippen LogP contribution in [0.25, 0.3) is 0 Å². The van der Waals surface area contributed by atoms with E-state index >= 15 is 0 Å². The Labute approximate surface area is 113 Å². The Morgan fingerprint density at radius 2 is 1.83 bits per heavy atom. The Balaban J connectivity index is 1.80. The lowest BCUT2D eigenvalue weighted by Gasteiger charge is -2.36. The number of fused-ring (bicyclic) bond motifs is 2. The minimum atomic E-state index is -0.595. The molecular weight excluding hydrogens is 244 g/mol. The van der Waals surface area contributed by atoms with Crippen molar-refractivity contribution in [1.29, 1.82) is 0 Å². The average molecular weight is 264 g/mol. The van der Waals surface area contributed by atoms with Gasteiger partial charge in [0.1, 0.15) is 0 Å². The average Bonchev–Trinajstić information content (AvgIpc) is 2.70. The Morgan fingerprint density at radius 3 is 2.39 bits per heavy atom. The van der Waals surface area contributed by atoms with Crippen LogP contribution in [-0.4, -0.2) is 22.7 Å². The van der Waals surface area contributed by atoms with E-state index in [2.05, 4.69) is 36.0 Å². The zero-order valence-corrected chi connectivity index (χ0v) is 11.6. The third-order valence-electron chi connectivity index (χ3n) is 4.13. The quantitative estimate of drug-likeness (QED) is 0.909. The molecule has 2 bridgehead atoms. The van der Waals surface area contributed by atoms with Gasteiger partial charge in [-0.2, -0.15) is 11.8 Å². The normalized spacial score (nSPS) is 34.8. The number of methoxy groups -OCH3 is 1. The molecule has 3 heteroatoms. The maximum absolute atomic E-state index is 10.9. The highest BCUT2D eigenvalue weighted by Crippen LogP contribution is 2.51. The summed E-state index contributed by atoms with van der Waals surface area (Å²) in [4.78, 5) is 0. The molecule has 2 nitrogen and oxygen atoms in total. The van der Waals surface area contributed by atoms with Crippen molar-refractivity contribution in [2.45, 2.75) is 48.4 Å². The lowest BCUT2D eigenvalue weighted by atomic mass is 9.85. The Kier molecular flexibility index (Phi) is 3.39. The molecule has 3 rings (SSSR count).